The topological polar surface area (TPSA) is 39.4 Å². The molecule has 3 nitrogen and oxygen atoms in total. The Morgan fingerprint density at radius 3 is 1.29 bits per heavy atom. The molecule has 0 saturated heterocycles. The maximum absolute atomic E-state index is 5.54. The van der Waals surface area contributed by atoms with Crippen LogP contribution in [0.25, 0.3) is 0 Å². The van der Waals surface area contributed by atoms with Crippen LogP contribution in [0.15, 0.2) is 68.4 Å². The van der Waals surface area contributed by atoms with Crippen molar-refractivity contribution in [3.05, 3.63) is 55.2 Å². The standard InChI is InChI=1S/C12H9O3PSe/c17-16(10-4-1-7-13-10,11-5-2-8-14-11)12-6-3-9-15-12/h1-9H. The van der Waals surface area contributed by atoms with Crippen LogP contribution in [-0.2, 0) is 0 Å². The number of hydrogen-bond acceptors (Lipinski definition) is 3. The fraction of sp³-hybridized carbons (Fsp3) is 0. The van der Waals surface area contributed by atoms with Gasteiger partial charge in [-0.15, -0.1) is 0 Å². The number of rotatable bonds is 3. The van der Waals surface area contributed by atoms with Gasteiger partial charge in [-0.05, 0) is 0 Å². The Hall–Kier alpha value is -1.21. The molecule has 5 heteroatoms. The van der Waals surface area contributed by atoms with Gasteiger partial charge in [0.15, 0.2) is 0 Å². The summed E-state index contributed by atoms with van der Waals surface area (Å²) in [6, 6.07) is 11.4. The zero-order chi connectivity index (χ0) is 11.7. The molecule has 0 fully saturated rings. The fourth-order valence-corrected chi connectivity index (χ4v) is 5.80. The van der Waals surface area contributed by atoms with Crippen LogP contribution >= 0.6 is 5.51 Å². The van der Waals surface area contributed by atoms with Crippen LogP contribution < -0.4 is 16.5 Å². The molecular weight excluding hydrogens is 302 g/mol. The van der Waals surface area contributed by atoms with E-state index in [0.29, 0.717) is 0 Å². The summed E-state index contributed by atoms with van der Waals surface area (Å²) in [5, 5.41) is 0. The molecule has 86 valence electrons. The first-order valence-electron chi connectivity index (χ1n) is 5.04. The molecule has 0 saturated carbocycles. The van der Waals surface area contributed by atoms with Crippen molar-refractivity contribution in [3.8, 4) is 0 Å². The van der Waals surface area contributed by atoms with Gasteiger partial charge in [-0.2, -0.15) is 0 Å². The van der Waals surface area contributed by atoms with Crippen LogP contribution in [0.3, 0.4) is 0 Å². The van der Waals surface area contributed by atoms with Gasteiger partial charge in [-0.25, -0.2) is 0 Å². The SMILES string of the molecule is [Se]=P(c1ccco1)(c1ccco1)c1ccco1. The molecule has 0 spiro atoms. The monoisotopic (exact) mass is 312 g/mol. The van der Waals surface area contributed by atoms with Crippen LogP contribution in [0.4, 0.5) is 0 Å². The molecule has 0 unspecified atom stereocenters. The third-order valence-corrected chi connectivity index (χ3v) is 8.47. The Bertz CT molecular complexity index is 532. The molecule has 3 rings (SSSR count). The molecule has 0 aliphatic carbocycles. The fourth-order valence-electron chi connectivity index (χ4n) is 1.67. The molecule has 0 amide bonds. The maximum atomic E-state index is 5.54. The summed E-state index contributed by atoms with van der Waals surface area (Å²) >= 11 is 3.23. The van der Waals surface area contributed by atoms with Gasteiger partial charge in [0.1, 0.15) is 0 Å². The predicted octanol–water partition coefficient (Wildman–Crippen LogP) is 1.84. The van der Waals surface area contributed by atoms with Crippen LogP contribution in [0.5, 0.6) is 0 Å². The Morgan fingerprint density at radius 1 is 0.706 bits per heavy atom. The minimum atomic E-state index is -2.01. The first-order chi connectivity index (χ1) is 8.32. The van der Waals surface area contributed by atoms with E-state index in [-0.39, 0.29) is 0 Å². The van der Waals surface area contributed by atoms with Crippen molar-refractivity contribution in [2.45, 2.75) is 0 Å². The average molecular weight is 311 g/mol. The van der Waals surface area contributed by atoms with Crippen LogP contribution in [0.1, 0.15) is 0 Å². The molecule has 0 bridgehead atoms. The molecule has 3 aromatic rings. The summed E-state index contributed by atoms with van der Waals surface area (Å²) < 4.78 is 16.6. The van der Waals surface area contributed by atoms with Gasteiger partial charge in [0, 0.05) is 0 Å². The first-order valence-corrected chi connectivity index (χ1v) is 9.04. The Balaban J connectivity index is 2.26. The first kappa shape index (κ1) is 10.9. The van der Waals surface area contributed by atoms with Crippen LogP contribution in [0.2, 0.25) is 0 Å². The minimum absolute atomic E-state index is 0.849. The molecule has 0 aliphatic rings. The van der Waals surface area contributed by atoms with Gasteiger partial charge in [-0.3, -0.25) is 0 Å². The van der Waals surface area contributed by atoms with E-state index in [1.54, 1.807) is 18.8 Å². The van der Waals surface area contributed by atoms with Crippen molar-refractivity contribution in [1.82, 2.24) is 0 Å². The van der Waals surface area contributed by atoms with Crippen LogP contribution in [0, 0.1) is 0 Å². The zero-order valence-electron chi connectivity index (χ0n) is 8.78. The third-order valence-electron chi connectivity index (χ3n) is 2.45. The van der Waals surface area contributed by atoms with E-state index in [1.165, 1.54) is 0 Å². The molecule has 0 radical (unpaired) electrons. The van der Waals surface area contributed by atoms with E-state index < -0.39 is 5.51 Å². The van der Waals surface area contributed by atoms with E-state index in [4.69, 9.17) is 13.3 Å². The van der Waals surface area contributed by atoms with Crippen molar-refractivity contribution in [2.24, 2.45) is 0 Å². The average Bonchev–Trinajstić information content (AvgIpc) is 3.10. The van der Waals surface area contributed by atoms with Crippen molar-refractivity contribution in [1.29, 1.82) is 0 Å². The second kappa shape index (κ2) is 4.23. The van der Waals surface area contributed by atoms with E-state index >= 15 is 0 Å². The Kier molecular flexibility index (Phi) is 2.71. The van der Waals surface area contributed by atoms with Crippen molar-refractivity contribution in [2.75, 3.05) is 0 Å². The quantitative estimate of drug-likeness (QED) is 0.547. The third kappa shape index (κ3) is 1.69. The van der Waals surface area contributed by atoms with Gasteiger partial charge in [0.05, 0.1) is 0 Å². The van der Waals surface area contributed by atoms with E-state index in [0.717, 1.165) is 16.5 Å². The predicted molar refractivity (Wildman–Crippen MR) is 67.7 cm³/mol. The zero-order valence-corrected chi connectivity index (χ0v) is 11.4. The van der Waals surface area contributed by atoms with E-state index in [2.05, 4.69) is 15.1 Å². The molecule has 17 heavy (non-hydrogen) atoms. The summed E-state index contributed by atoms with van der Waals surface area (Å²) in [6.45, 7) is 0. The number of furan rings is 3. The van der Waals surface area contributed by atoms with Crippen LogP contribution in [-0.4, -0.2) is 15.1 Å². The Morgan fingerprint density at radius 2 is 1.06 bits per heavy atom. The van der Waals surface area contributed by atoms with Gasteiger partial charge >= 0.3 is 106 Å². The molecule has 0 aromatic carbocycles. The molecule has 0 N–H and O–H groups in total. The van der Waals surface area contributed by atoms with Gasteiger partial charge in [-0.1, -0.05) is 0 Å². The summed E-state index contributed by atoms with van der Waals surface area (Å²) in [6.07, 6.45) is 4.98. The van der Waals surface area contributed by atoms with Gasteiger partial charge < -0.3 is 0 Å². The van der Waals surface area contributed by atoms with Gasteiger partial charge in [0.2, 0.25) is 0 Å². The second-order valence-corrected chi connectivity index (χ2v) is 9.45. The molecule has 0 atom stereocenters. The van der Waals surface area contributed by atoms with Crippen molar-refractivity contribution >= 4 is 37.1 Å². The summed E-state index contributed by atoms with van der Waals surface area (Å²) in [7, 11) is 0. The Labute approximate surface area is 106 Å². The normalized spacial score (nSPS) is 11.8. The molecular formula is C12H9O3PSe. The molecule has 3 heterocycles. The van der Waals surface area contributed by atoms with Gasteiger partial charge in [0.25, 0.3) is 0 Å². The van der Waals surface area contributed by atoms with E-state index in [1.807, 2.05) is 36.4 Å². The number of hydrogen-bond donors (Lipinski definition) is 0. The summed E-state index contributed by atoms with van der Waals surface area (Å²) in [4.78, 5) is 0. The summed E-state index contributed by atoms with van der Waals surface area (Å²) in [5.41, 5.74) is 0.540. The second-order valence-electron chi connectivity index (χ2n) is 3.46. The van der Waals surface area contributed by atoms with Crippen molar-refractivity contribution < 1.29 is 13.3 Å². The van der Waals surface area contributed by atoms with Crippen molar-refractivity contribution in [3.63, 3.8) is 0 Å². The summed E-state index contributed by atoms with van der Waals surface area (Å²) in [5.74, 6) is 0. The van der Waals surface area contributed by atoms with E-state index in [9.17, 15) is 0 Å². The molecule has 3 aromatic heterocycles. The molecule has 0 aliphatic heterocycles.